The summed E-state index contributed by atoms with van der Waals surface area (Å²) in [4.78, 5) is 15.3. The molecule has 2 aromatic rings. The number of benzene rings is 2. The molecule has 184 valence electrons. The highest BCUT2D eigenvalue weighted by Crippen LogP contribution is 2.35. The van der Waals surface area contributed by atoms with E-state index in [0.29, 0.717) is 22.3 Å². The largest absolute Gasteiger partial charge is 0.416 e. The number of piperidine rings is 1. The van der Waals surface area contributed by atoms with Crippen LogP contribution in [0.25, 0.3) is 0 Å². The number of nitrogens with zero attached hydrogens (tertiary/aromatic N) is 1. The molecule has 0 aromatic heterocycles. The molecule has 2 fully saturated rings. The molecule has 1 aliphatic carbocycles. The van der Waals surface area contributed by atoms with Crippen LogP contribution in [0.3, 0.4) is 0 Å². The molecule has 2 aromatic carbocycles. The molecule has 34 heavy (non-hydrogen) atoms. The molecule has 0 unspecified atom stereocenters. The van der Waals surface area contributed by atoms with E-state index in [1.807, 2.05) is 6.07 Å². The highest BCUT2D eigenvalue weighted by molar-refractivity contribution is 6.33. The Balaban J connectivity index is 1.38. The van der Waals surface area contributed by atoms with E-state index in [1.54, 1.807) is 26.0 Å². The fourth-order valence-electron chi connectivity index (χ4n) is 4.32. The molecule has 1 heterocycles. The van der Waals surface area contributed by atoms with E-state index in [1.165, 1.54) is 25.0 Å². The molecule has 4 nitrogen and oxygen atoms in total. The predicted molar refractivity (Wildman–Crippen MR) is 131 cm³/mol. The van der Waals surface area contributed by atoms with Crippen molar-refractivity contribution in [1.29, 1.82) is 0 Å². The lowest BCUT2D eigenvalue weighted by atomic mass is 9.83. The summed E-state index contributed by atoms with van der Waals surface area (Å²) >= 11 is 6.56. The Bertz CT molecular complexity index is 1030. The van der Waals surface area contributed by atoms with Gasteiger partial charge in [0, 0.05) is 24.8 Å². The second-order valence-electron chi connectivity index (χ2n) is 9.94. The molecule has 2 N–H and O–H groups in total. The van der Waals surface area contributed by atoms with Crippen molar-refractivity contribution in [2.24, 2.45) is 5.92 Å². The third-order valence-electron chi connectivity index (χ3n) is 6.91. The number of hydrogen-bond donors (Lipinski definition) is 2. The normalized spacial score (nSPS) is 17.6. The summed E-state index contributed by atoms with van der Waals surface area (Å²) in [5.74, 6) is 0.465. The highest BCUT2D eigenvalue weighted by atomic mass is 35.5. The standard InChI is InChI=1S/C26H31ClF3N3O/c1-25(2,18-4-3-5-19(14-18)26(28,29)30)24(34)32-21-8-9-23(22(27)15-21)33-12-10-20(11-13-33)31-16-17-6-7-17/h3-5,8-9,14-15,17,20,31H,6-7,10-13,16H2,1-2H3,(H,32,34). The zero-order valence-corrected chi connectivity index (χ0v) is 20.3. The molecule has 2 aliphatic rings. The molecule has 0 radical (unpaired) electrons. The summed E-state index contributed by atoms with van der Waals surface area (Å²) in [7, 11) is 0. The number of halogens is 4. The molecule has 8 heteroatoms. The molecule has 0 spiro atoms. The molecule has 1 saturated carbocycles. The highest BCUT2D eigenvalue weighted by Gasteiger charge is 2.35. The zero-order valence-electron chi connectivity index (χ0n) is 19.5. The summed E-state index contributed by atoms with van der Waals surface area (Å²) < 4.78 is 39.3. The average Bonchev–Trinajstić information content (AvgIpc) is 3.62. The van der Waals surface area contributed by atoms with Gasteiger partial charge in [-0.15, -0.1) is 0 Å². The van der Waals surface area contributed by atoms with Gasteiger partial charge in [-0.05, 0) is 81.8 Å². The van der Waals surface area contributed by atoms with Gasteiger partial charge < -0.3 is 15.5 Å². The van der Waals surface area contributed by atoms with Gasteiger partial charge in [-0.2, -0.15) is 13.2 Å². The molecule has 4 rings (SSSR count). The summed E-state index contributed by atoms with van der Waals surface area (Å²) in [6.45, 7) is 6.16. The van der Waals surface area contributed by atoms with E-state index in [0.717, 1.165) is 56.2 Å². The number of nitrogens with one attached hydrogen (secondary N) is 2. The summed E-state index contributed by atoms with van der Waals surface area (Å²) in [5.41, 5.74) is -0.204. The van der Waals surface area contributed by atoms with E-state index < -0.39 is 23.1 Å². The maximum absolute atomic E-state index is 13.1. The SMILES string of the molecule is CC(C)(C(=O)Nc1ccc(N2CCC(NCC3CC3)CC2)c(Cl)c1)c1cccc(C(F)(F)F)c1. The minimum Gasteiger partial charge on any atom is -0.370 e. The van der Waals surface area contributed by atoms with Gasteiger partial charge in [0.15, 0.2) is 0 Å². The van der Waals surface area contributed by atoms with Crippen molar-refractivity contribution in [3.63, 3.8) is 0 Å². The number of carbonyl (C=O) groups is 1. The Morgan fingerprint density at radius 2 is 1.71 bits per heavy atom. The lowest BCUT2D eigenvalue weighted by Gasteiger charge is -2.34. The molecular formula is C26H31ClF3N3O. The van der Waals surface area contributed by atoms with Crippen molar-refractivity contribution in [1.82, 2.24) is 5.32 Å². The van der Waals surface area contributed by atoms with Crippen molar-refractivity contribution < 1.29 is 18.0 Å². The summed E-state index contributed by atoms with van der Waals surface area (Å²) in [6.07, 6.45) is 0.357. The molecule has 1 amide bonds. The zero-order chi connectivity index (χ0) is 24.5. The summed E-state index contributed by atoms with van der Waals surface area (Å²) in [5, 5.41) is 7.03. The molecule has 1 aliphatic heterocycles. The Kier molecular flexibility index (Phi) is 7.15. The minimum absolute atomic E-state index is 0.292. The third-order valence-corrected chi connectivity index (χ3v) is 7.22. The van der Waals surface area contributed by atoms with Crippen molar-refractivity contribution in [3.05, 3.63) is 58.6 Å². The van der Waals surface area contributed by atoms with E-state index in [-0.39, 0.29) is 0 Å². The van der Waals surface area contributed by atoms with Gasteiger partial charge >= 0.3 is 6.18 Å². The van der Waals surface area contributed by atoms with Crippen molar-refractivity contribution in [2.75, 3.05) is 29.9 Å². The fraction of sp³-hybridized carbons (Fsp3) is 0.500. The second-order valence-corrected chi connectivity index (χ2v) is 10.3. The fourth-order valence-corrected chi connectivity index (χ4v) is 4.62. The molecule has 1 saturated heterocycles. The van der Waals surface area contributed by atoms with Crippen LogP contribution in [0.15, 0.2) is 42.5 Å². The van der Waals surface area contributed by atoms with Gasteiger partial charge in [0.25, 0.3) is 0 Å². The smallest absolute Gasteiger partial charge is 0.370 e. The number of hydrogen-bond acceptors (Lipinski definition) is 3. The first-order chi connectivity index (χ1) is 16.0. The van der Waals surface area contributed by atoms with Crippen LogP contribution in [-0.2, 0) is 16.4 Å². The molecular weight excluding hydrogens is 463 g/mol. The Morgan fingerprint density at radius 1 is 1.03 bits per heavy atom. The lowest BCUT2D eigenvalue weighted by molar-refractivity contribution is -0.137. The van der Waals surface area contributed by atoms with Crippen LogP contribution in [0, 0.1) is 5.92 Å². The van der Waals surface area contributed by atoms with Gasteiger partial charge in [-0.1, -0.05) is 29.8 Å². The lowest BCUT2D eigenvalue weighted by Crippen LogP contribution is -2.43. The van der Waals surface area contributed by atoms with E-state index in [2.05, 4.69) is 15.5 Å². The quantitative estimate of drug-likeness (QED) is 0.479. The van der Waals surface area contributed by atoms with Gasteiger partial charge in [0.1, 0.15) is 0 Å². The van der Waals surface area contributed by atoms with E-state index in [4.69, 9.17) is 11.6 Å². The van der Waals surface area contributed by atoms with E-state index in [9.17, 15) is 18.0 Å². The van der Waals surface area contributed by atoms with Crippen molar-refractivity contribution in [3.8, 4) is 0 Å². The number of anilines is 2. The average molecular weight is 494 g/mol. The molecule has 0 atom stereocenters. The van der Waals surface area contributed by atoms with Gasteiger partial charge in [0.2, 0.25) is 5.91 Å². The van der Waals surface area contributed by atoms with Gasteiger partial charge in [-0.3, -0.25) is 4.79 Å². The monoisotopic (exact) mass is 493 g/mol. The van der Waals surface area contributed by atoms with Crippen LogP contribution < -0.4 is 15.5 Å². The van der Waals surface area contributed by atoms with Crippen LogP contribution in [0.1, 0.15) is 50.7 Å². The molecule has 0 bridgehead atoms. The van der Waals surface area contributed by atoms with Crippen molar-refractivity contribution in [2.45, 2.75) is 57.2 Å². The Hall–Kier alpha value is -2.25. The van der Waals surface area contributed by atoms with Gasteiger partial charge in [-0.25, -0.2) is 0 Å². The minimum atomic E-state index is -4.46. The summed E-state index contributed by atoms with van der Waals surface area (Å²) in [6, 6.07) is 10.8. The number of carbonyl (C=O) groups excluding carboxylic acids is 1. The number of amides is 1. The first-order valence-electron chi connectivity index (χ1n) is 11.8. The Labute approximate surface area is 203 Å². The number of rotatable bonds is 7. The Morgan fingerprint density at radius 3 is 2.32 bits per heavy atom. The topological polar surface area (TPSA) is 44.4 Å². The number of alkyl halides is 3. The van der Waals surface area contributed by atoms with Crippen LogP contribution in [-0.4, -0.2) is 31.6 Å². The first kappa shape index (κ1) is 24.9. The predicted octanol–water partition coefficient (Wildman–Crippen LogP) is 6.24. The van der Waals surface area contributed by atoms with E-state index >= 15 is 0 Å². The maximum Gasteiger partial charge on any atom is 0.416 e. The third kappa shape index (κ3) is 5.87. The maximum atomic E-state index is 13.1. The van der Waals surface area contributed by atoms with Crippen LogP contribution in [0.4, 0.5) is 24.5 Å². The van der Waals surface area contributed by atoms with Crippen LogP contribution >= 0.6 is 11.6 Å². The van der Waals surface area contributed by atoms with Crippen LogP contribution in [0.5, 0.6) is 0 Å². The first-order valence-corrected chi connectivity index (χ1v) is 12.2. The second kappa shape index (κ2) is 9.78. The van der Waals surface area contributed by atoms with Crippen LogP contribution in [0.2, 0.25) is 5.02 Å². The van der Waals surface area contributed by atoms with Gasteiger partial charge in [0.05, 0.1) is 21.7 Å². The van der Waals surface area contributed by atoms with Crippen molar-refractivity contribution >= 4 is 28.9 Å².